The first kappa shape index (κ1) is 19.8. The largest absolute Gasteiger partial charge is 0.490 e. The SMILES string of the molecule is CC1(CN=C(N)Nc2ccc3c(c2)OCCCO3)Cc2ccccc2C1.I. The van der Waals surface area contributed by atoms with E-state index in [4.69, 9.17) is 15.2 Å². The average molecular weight is 479 g/mol. The van der Waals surface area contributed by atoms with Gasteiger partial charge in [-0.1, -0.05) is 31.2 Å². The molecule has 27 heavy (non-hydrogen) atoms. The van der Waals surface area contributed by atoms with Crippen molar-refractivity contribution in [3.8, 4) is 11.5 Å². The number of nitrogens with one attached hydrogen (secondary N) is 1. The summed E-state index contributed by atoms with van der Waals surface area (Å²) in [5.41, 5.74) is 9.96. The highest BCUT2D eigenvalue weighted by Gasteiger charge is 2.32. The lowest BCUT2D eigenvalue weighted by Gasteiger charge is -2.21. The van der Waals surface area contributed by atoms with E-state index < -0.39 is 0 Å². The molecule has 1 heterocycles. The van der Waals surface area contributed by atoms with Crippen molar-refractivity contribution in [2.75, 3.05) is 25.1 Å². The molecule has 0 atom stereocenters. The van der Waals surface area contributed by atoms with Crippen LogP contribution in [0.25, 0.3) is 0 Å². The monoisotopic (exact) mass is 479 g/mol. The second-order valence-electron chi connectivity index (χ2n) is 7.47. The third kappa shape index (κ3) is 4.66. The van der Waals surface area contributed by atoms with Crippen LogP contribution in [0.1, 0.15) is 24.5 Å². The molecule has 4 rings (SSSR count). The normalized spacial score (nSPS) is 17.4. The summed E-state index contributed by atoms with van der Waals surface area (Å²) < 4.78 is 11.4. The molecule has 2 aromatic rings. The molecule has 0 fully saturated rings. The molecule has 3 N–H and O–H groups in total. The van der Waals surface area contributed by atoms with Gasteiger partial charge < -0.3 is 20.5 Å². The van der Waals surface area contributed by atoms with Crippen LogP contribution in [0.5, 0.6) is 11.5 Å². The van der Waals surface area contributed by atoms with Crippen LogP contribution >= 0.6 is 24.0 Å². The molecule has 0 unspecified atom stereocenters. The lowest BCUT2D eigenvalue weighted by atomic mass is 9.87. The smallest absolute Gasteiger partial charge is 0.193 e. The predicted molar refractivity (Wildman–Crippen MR) is 120 cm³/mol. The second kappa shape index (κ2) is 8.37. The van der Waals surface area contributed by atoms with E-state index in [9.17, 15) is 0 Å². The zero-order valence-electron chi connectivity index (χ0n) is 15.5. The quantitative estimate of drug-likeness (QED) is 0.397. The van der Waals surface area contributed by atoms with Crippen molar-refractivity contribution in [3.63, 3.8) is 0 Å². The Labute approximate surface area is 177 Å². The van der Waals surface area contributed by atoms with Crippen molar-refractivity contribution >= 4 is 35.6 Å². The van der Waals surface area contributed by atoms with Gasteiger partial charge in [0.15, 0.2) is 17.5 Å². The molecule has 0 saturated heterocycles. The fourth-order valence-corrected chi connectivity index (χ4v) is 3.70. The van der Waals surface area contributed by atoms with Gasteiger partial charge in [-0.3, -0.25) is 4.99 Å². The highest BCUT2D eigenvalue weighted by molar-refractivity contribution is 14.0. The molecule has 2 aromatic carbocycles. The van der Waals surface area contributed by atoms with Crippen LogP contribution < -0.4 is 20.5 Å². The highest BCUT2D eigenvalue weighted by atomic mass is 127. The number of ether oxygens (including phenoxy) is 2. The van der Waals surface area contributed by atoms with Crippen LogP contribution in [-0.2, 0) is 12.8 Å². The fourth-order valence-electron chi connectivity index (χ4n) is 3.70. The first-order chi connectivity index (χ1) is 12.6. The van der Waals surface area contributed by atoms with Crippen LogP contribution in [0.4, 0.5) is 5.69 Å². The van der Waals surface area contributed by atoms with Crippen molar-refractivity contribution in [1.82, 2.24) is 0 Å². The molecule has 144 valence electrons. The second-order valence-corrected chi connectivity index (χ2v) is 7.47. The molecule has 0 aromatic heterocycles. The standard InChI is InChI=1S/C21H25N3O2.HI/c1-21(12-15-5-2-3-6-16(15)13-21)14-23-20(22)24-17-7-8-18-19(11-17)26-10-4-9-25-18;/h2-3,5-8,11H,4,9-10,12-14H2,1H3,(H3,22,23,24);1H. The molecule has 0 amide bonds. The number of nitrogens with two attached hydrogens (primary N) is 1. The van der Waals surface area contributed by atoms with Gasteiger partial charge in [0.1, 0.15) is 0 Å². The van der Waals surface area contributed by atoms with Gasteiger partial charge in [-0.2, -0.15) is 0 Å². The number of rotatable bonds is 3. The van der Waals surface area contributed by atoms with Crippen molar-refractivity contribution in [2.24, 2.45) is 16.1 Å². The van der Waals surface area contributed by atoms with E-state index in [1.165, 1.54) is 11.1 Å². The maximum Gasteiger partial charge on any atom is 0.193 e. The number of benzene rings is 2. The molecule has 2 aliphatic rings. The van der Waals surface area contributed by atoms with E-state index >= 15 is 0 Å². The summed E-state index contributed by atoms with van der Waals surface area (Å²) >= 11 is 0. The topological polar surface area (TPSA) is 68.9 Å². The van der Waals surface area contributed by atoms with Gasteiger partial charge in [-0.25, -0.2) is 0 Å². The predicted octanol–water partition coefficient (Wildman–Crippen LogP) is 4.00. The van der Waals surface area contributed by atoms with Gasteiger partial charge in [-0.15, -0.1) is 24.0 Å². The number of aliphatic imine (C=N–C) groups is 1. The molecule has 0 radical (unpaired) electrons. The van der Waals surface area contributed by atoms with Gasteiger partial charge in [-0.05, 0) is 41.5 Å². The summed E-state index contributed by atoms with van der Waals surface area (Å²) in [4.78, 5) is 4.60. The maximum absolute atomic E-state index is 6.12. The number of hydrogen-bond donors (Lipinski definition) is 2. The summed E-state index contributed by atoms with van der Waals surface area (Å²) in [5.74, 6) is 1.95. The number of guanidine groups is 1. The van der Waals surface area contributed by atoms with E-state index in [0.29, 0.717) is 25.7 Å². The van der Waals surface area contributed by atoms with Crippen LogP contribution in [0.2, 0.25) is 0 Å². The Kier molecular flexibility index (Phi) is 6.14. The third-order valence-corrected chi connectivity index (χ3v) is 5.00. The van der Waals surface area contributed by atoms with Gasteiger partial charge >= 0.3 is 0 Å². The molecule has 6 heteroatoms. The molecule has 1 aliphatic heterocycles. The molecule has 0 spiro atoms. The van der Waals surface area contributed by atoms with Gasteiger partial charge in [0.25, 0.3) is 0 Å². The van der Waals surface area contributed by atoms with Crippen LogP contribution in [-0.4, -0.2) is 25.7 Å². The summed E-state index contributed by atoms with van der Waals surface area (Å²) in [6, 6.07) is 14.4. The zero-order valence-corrected chi connectivity index (χ0v) is 17.9. The molecule has 5 nitrogen and oxygen atoms in total. The maximum atomic E-state index is 6.12. The van der Waals surface area contributed by atoms with Crippen LogP contribution in [0.15, 0.2) is 47.5 Å². The number of anilines is 1. The Morgan fingerprint density at radius 1 is 1.07 bits per heavy atom. The Balaban J connectivity index is 0.00000210. The molecule has 1 aliphatic carbocycles. The van der Waals surface area contributed by atoms with Crippen LogP contribution in [0, 0.1) is 5.41 Å². The van der Waals surface area contributed by atoms with E-state index in [2.05, 4.69) is 41.5 Å². The minimum Gasteiger partial charge on any atom is -0.490 e. The van der Waals surface area contributed by atoms with Crippen molar-refractivity contribution in [3.05, 3.63) is 53.6 Å². The summed E-state index contributed by atoms with van der Waals surface area (Å²) in [6.07, 6.45) is 2.98. The Morgan fingerprint density at radius 3 is 2.44 bits per heavy atom. The van der Waals surface area contributed by atoms with Crippen molar-refractivity contribution in [1.29, 1.82) is 0 Å². The van der Waals surface area contributed by atoms with E-state index in [1.807, 2.05) is 18.2 Å². The van der Waals surface area contributed by atoms with Gasteiger partial charge in [0, 0.05) is 24.7 Å². The minimum atomic E-state index is 0. The summed E-state index contributed by atoms with van der Waals surface area (Å²) in [5, 5.41) is 3.17. The van der Waals surface area contributed by atoms with Crippen LogP contribution in [0.3, 0.4) is 0 Å². The number of fused-ring (bicyclic) bond motifs is 2. The molecular weight excluding hydrogens is 453 g/mol. The molecular formula is C21H26IN3O2. The highest BCUT2D eigenvalue weighted by Crippen LogP contribution is 2.37. The molecule has 0 bridgehead atoms. The minimum absolute atomic E-state index is 0. The first-order valence-corrected chi connectivity index (χ1v) is 9.15. The summed E-state index contributed by atoms with van der Waals surface area (Å²) in [7, 11) is 0. The number of nitrogens with zero attached hydrogens (tertiary/aromatic N) is 1. The Morgan fingerprint density at radius 2 is 1.74 bits per heavy atom. The first-order valence-electron chi connectivity index (χ1n) is 9.15. The van der Waals surface area contributed by atoms with E-state index in [1.54, 1.807) is 0 Å². The summed E-state index contributed by atoms with van der Waals surface area (Å²) in [6.45, 7) is 4.33. The van der Waals surface area contributed by atoms with Crippen molar-refractivity contribution in [2.45, 2.75) is 26.2 Å². The zero-order chi connectivity index (χ0) is 18.0. The Bertz CT molecular complexity index is 813. The number of hydrogen-bond acceptors (Lipinski definition) is 3. The van der Waals surface area contributed by atoms with Gasteiger partial charge in [0.2, 0.25) is 0 Å². The van der Waals surface area contributed by atoms with E-state index in [-0.39, 0.29) is 29.4 Å². The lowest BCUT2D eigenvalue weighted by Crippen LogP contribution is -2.27. The van der Waals surface area contributed by atoms with E-state index in [0.717, 1.165) is 36.4 Å². The van der Waals surface area contributed by atoms with Crippen molar-refractivity contribution < 1.29 is 9.47 Å². The fraction of sp³-hybridized carbons (Fsp3) is 0.381. The third-order valence-electron chi connectivity index (χ3n) is 5.00. The average Bonchev–Trinajstić information content (AvgIpc) is 2.80. The van der Waals surface area contributed by atoms with Gasteiger partial charge in [0.05, 0.1) is 13.2 Å². The lowest BCUT2D eigenvalue weighted by molar-refractivity contribution is 0.297. The molecule has 0 saturated carbocycles. The number of halogens is 1. The Hall–Kier alpha value is -1.96.